The lowest BCUT2D eigenvalue weighted by molar-refractivity contribution is -0.120. The van der Waals surface area contributed by atoms with Gasteiger partial charge in [-0.15, -0.1) is 22.7 Å². The number of thiophene rings is 1. The van der Waals surface area contributed by atoms with Crippen molar-refractivity contribution in [2.75, 3.05) is 11.9 Å². The van der Waals surface area contributed by atoms with Crippen LogP contribution in [0.25, 0.3) is 0 Å². The maximum absolute atomic E-state index is 13.0. The molecule has 4 rings (SSSR count). The standard InChI is InChI=1S/C16H18ClN3O3S3/c17-13-7-8-14(25-13)26(22,23)20-9-2-1-5-11(20)15(21)19-16-18-10-4-3-6-12(10)24-16/h7-8,11H,1-6,9H2,(H,18,19,21). The summed E-state index contributed by atoms with van der Waals surface area (Å²) in [5.41, 5.74) is 1.06. The molecule has 26 heavy (non-hydrogen) atoms. The molecule has 1 saturated heterocycles. The number of sulfonamides is 1. The van der Waals surface area contributed by atoms with E-state index in [0.717, 1.165) is 49.1 Å². The predicted octanol–water partition coefficient (Wildman–Crippen LogP) is 3.53. The number of rotatable bonds is 4. The Labute approximate surface area is 165 Å². The first kappa shape index (κ1) is 18.4. The molecule has 1 fully saturated rings. The first-order chi connectivity index (χ1) is 12.4. The zero-order valence-electron chi connectivity index (χ0n) is 13.9. The van der Waals surface area contributed by atoms with Gasteiger partial charge in [-0.2, -0.15) is 4.31 Å². The minimum Gasteiger partial charge on any atom is -0.301 e. The first-order valence-corrected chi connectivity index (χ1v) is 12.0. The number of aryl methyl sites for hydroxylation is 2. The molecule has 2 aromatic rings. The molecule has 3 heterocycles. The van der Waals surface area contributed by atoms with Crippen LogP contribution in [0.15, 0.2) is 16.3 Å². The van der Waals surface area contributed by atoms with Crippen LogP contribution in [0, 0.1) is 0 Å². The Morgan fingerprint density at radius 1 is 1.23 bits per heavy atom. The Morgan fingerprint density at radius 3 is 2.81 bits per heavy atom. The van der Waals surface area contributed by atoms with E-state index in [4.69, 9.17) is 11.6 Å². The van der Waals surface area contributed by atoms with Crippen LogP contribution in [0.3, 0.4) is 0 Å². The summed E-state index contributed by atoms with van der Waals surface area (Å²) >= 11 is 8.41. The van der Waals surface area contributed by atoms with Crippen molar-refractivity contribution in [2.24, 2.45) is 0 Å². The van der Waals surface area contributed by atoms with E-state index in [0.29, 0.717) is 22.4 Å². The third kappa shape index (κ3) is 3.43. The summed E-state index contributed by atoms with van der Waals surface area (Å²) in [6.07, 6.45) is 5.14. The molecule has 6 nitrogen and oxygen atoms in total. The summed E-state index contributed by atoms with van der Waals surface area (Å²) in [5.74, 6) is -0.302. The predicted molar refractivity (Wildman–Crippen MR) is 104 cm³/mol. The third-order valence-electron chi connectivity index (χ3n) is 4.69. The van der Waals surface area contributed by atoms with Gasteiger partial charge in [0.25, 0.3) is 10.0 Å². The maximum Gasteiger partial charge on any atom is 0.253 e. The number of hydrogen-bond acceptors (Lipinski definition) is 6. The summed E-state index contributed by atoms with van der Waals surface area (Å²) in [6.45, 7) is 0.338. The van der Waals surface area contributed by atoms with Gasteiger partial charge >= 0.3 is 0 Å². The lowest BCUT2D eigenvalue weighted by Crippen LogP contribution is -2.49. The number of fused-ring (bicyclic) bond motifs is 1. The van der Waals surface area contributed by atoms with Crippen LogP contribution in [0.1, 0.15) is 36.3 Å². The van der Waals surface area contributed by atoms with Crippen LogP contribution in [-0.4, -0.2) is 36.2 Å². The molecule has 2 aromatic heterocycles. The second-order valence-electron chi connectivity index (χ2n) is 6.42. The minimum atomic E-state index is -3.73. The second kappa shape index (κ2) is 7.20. The van der Waals surface area contributed by atoms with Crippen LogP contribution in [0.4, 0.5) is 5.13 Å². The normalized spacial score (nSPS) is 20.9. The molecule has 2 aliphatic rings. The Hall–Kier alpha value is -1.000. The molecular weight excluding hydrogens is 414 g/mol. The summed E-state index contributed by atoms with van der Waals surface area (Å²) < 4.78 is 27.8. The lowest BCUT2D eigenvalue weighted by atomic mass is 10.0. The van der Waals surface area contributed by atoms with Crippen LogP contribution in [0.5, 0.6) is 0 Å². The van der Waals surface area contributed by atoms with E-state index in [1.807, 2.05) is 0 Å². The fraction of sp³-hybridized carbons (Fsp3) is 0.500. The molecule has 1 atom stereocenters. The average Bonchev–Trinajstić information content (AvgIpc) is 3.31. The number of halogens is 1. The molecule has 1 aliphatic heterocycles. The Kier molecular flexibility index (Phi) is 5.08. The number of carbonyl (C=O) groups excluding carboxylic acids is 1. The van der Waals surface area contributed by atoms with E-state index in [-0.39, 0.29) is 10.1 Å². The quantitative estimate of drug-likeness (QED) is 0.803. The number of nitrogens with zero attached hydrogens (tertiary/aromatic N) is 2. The van der Waals surface area contributed by atoms with Crippen LogP contribution < -0.4 is 5.32 Å². The van der Waals surface area contributed by atoms with E-state index in [1.54, 1.807) is 6.07 Å². The first-order valence-electron chi connectivity index (χ1n) is 8.52. The van der Waals surface area contributed by atoms with Crippen molar-refractivity contribution in [2.45, 2.75) is 48.8 Å². The number of thiazole rings is 1. The molecule has 0 saturated carbocycles. The van der Waals surface area contributed by atoms with Gasteiger partial charge in [-0.25, -0.2) is 13.4 Å². The topological polar surface area (TPSA) is 79.4 Å². The molecule has 0 spiro atoms. The van der Waals surface area contributed by atoms with Gasteiger partial charge in [0.15, 0.2) is 5.13 Å². The smallest absolute Gasteiger partial charge is 0.253 e. The highest BCUT2D eigenvalue weighted by atomic mass is 35.5. The highest BCUT2D eigenvalue weighted by molar-refractivity contribution is 7.91. The van der Waals surface area contributed by atoms with Crippen LogP contribution >= 0.6 is 34.3 Å². The van der Waals surface area contributed by atoms with E-state index < -0.39 is 16.1 Å². The molecule has 1 unspecified atom stereocenters. The lowest BCUT2D eigenvalue weighted by Gasteiger charge is -2.32. The Balaban J connectivity index is 1.55. The van der Waals surface area contributed by atoms with Gasteiger partial charge < -0.3 is 5.32 Å². The number of carbonyl (C=O) groups is 1. The largest absolute Gasteiger partial charge is 0.301 e. The molecule has 1 aliphatic carbocycles. The number of amides is 1. The molecule has 0 radical (unpaired) electrons. The Morgan fingerprint density at radius 2 is 2.08 bits per heavy atom. The number of piperidine rings is 1. The zero-order valence-corrected chi connectivity index (χ0v) is 17.1. The van der Waals surface area contributed by atoms with Gasteiger partial charge in [0, 0.05) is 11.4 Å². The van der Waals surface area contributed by atoms with Gasteiger partial charge in [0.1, 0.15) is 10.3 Å². The molecular formula is C16H18ClN3O3S3. The van der Waals surface area contributed by atoms with Crippen molar-refractivity contribution in [3.05, 3.63) is 27.0 Å². The number of aromatic nitrogens is 1. The van der Waals surface area contributed by atoms with Gasteiger partial charge in [-0.1, -0.05) is 18.0 Å². The van der Waals surface area contributed by atoms with Crippen molar-refractivity contribution in [3.63, 3.8) is 0 Å². The fourth-order valence-electron chi connectivity index (χ4n) is 3.44. The van der Waals surface area contributed by atoms with Gasteiger partial charge in [-0.05, 0) is 44.2 Å². The van der Waals surface area contributed by atoms with Crippen molar-refractivity contribution in [1.82, 2.24) is 9.29 Å². The van der Waals surface area contributed by atoms with Crippen molar-refractivity contribution >= 4 is 55.3 Å². The second-order valence-corrected chi connectivity index (χ2v) is 11.3. The van der Waals surface area contributed by atoms with Crippen molar-refractivity contribution in [3.8, 4) is 0 Å². The molecule has 1 N–H and O–H groups in total. The summed E-state index contributed by atoms with van der Waals surface area (Å²) in [4.78, 5) is 18.5. The van der Waals surface area contributed by atoms with E-state index in [1.165, 1.54) is 26.6 Å². The monoisotopic (exact) mass is 431 g/mol. The van der Waals surface area contributed by atoms with Crippen molar-refractivity contribution < 1.29 is 13.2 Å². The number of nitrogens with one attached hydrogen (secondary N) is 1. The average molecular weight is 432 g/mol. The Bertz CT molecular complexity index is 916. The number of anilines is 1. The summed E-state index contributed by atoms with van der Waals surface area (Å²) in [6, 6.07) is 2.35. The molecule has 10 heteroatoms. The van der Waals surface area contributed by atoms with E-state index >= 15 is 0 Å². The van der Waals surface area contributed by atoms with Crippen LogP contribution in [0.2, 0.25) is 4.34 Å². The maximum atomic E-state index is 13.0. The van der Waals surface area contributed by atoms with Crippen molar-refractivity contribution in [1.29, 1.82) is 0 Å². The summed E-state index contributed by atoms with van der Waals surface area (Å²) in [7, 11) is -3.73. The highest BCUT2D eigenvalue weighted by Gasteiger charge is 2.38. The molecule has 1 amide bonds. The SMILES string of the molecule is O=C(Nc1nc2c(s1)CCC2)C1CCCCN1S(=O)(=O)c1ccc(Cl)s1. The fourth-order valence-corrected chi connectivity index (χ4v) is 7.76. The van der Waals surface area contributed by atoms with Crippen LogP contribution in [-0.2, 0) is 27.7 Å². The highest BCUT2D eigenvalue weighted by Crippen LogP contribution is 2.33. The van der Waals surface area contributed by atoms with Gasteiger partial charge in [0.2, 0.25) is 5.91 Å². The summed E-state index contributed by atoms with van der Waals surface area (Å²) in [5, 5.41) is 3.41. The van der Waals surface area contributed by atoms with Gasteiger partial charge in [0.05, 0.1) is 10.0 Å². The zero-order chi connectivity index (χ0) is 18.3. The van der Waals surface area contributed by atoms with E-state index in [9.17, 15) is 13.2 Å². The molecule has 0 bridgehead atoms. The molecule has 140 valence electrons. The van der Waals surface area contributed by atoms with E-state index in [2.05, 4.69) is 10.3 Å². The minimum absolute atomic E-state index is 0.176. The third-order valence-corrected chi connectivity index (χ3v) is 9.37. The van der Waals surface area contributed by atoms with Gasteiger partial charge in [-0.3, -0.25) is 4.79 Å². The number of hydrogen-bond donors (Lipinski definition) is 1. The molecule has 0 aromatic carbocycles.